The van der Waals surface area contributed by atoms with Gasteiger partial charge in [0.25, 0.3) is 5.91 Å². The minimum absolute atomic E-state index is 0.0605. The van der Waals surface area contributed by atoms with E-state index in [9.17, 15) is 9.90 Å². The minimum Gasteiger partial charge on any atom is -0.508 e. The second kappa shape index (κ2) is 7.14. The Morgan fingerprint density at radius 1 is 1.32 bits per heavy atom. The van der Waals surface area contributed by atoms with Gasteiger partial charge in [-0.2, -0.15) is 0 Å². The van der Waals surface area contributed by atoms with Gasteiger partial charge in [0.05, 0.1) is 6.61 Å². The second-order valence-electron chi connectivity index (χ2n) is 5.31. The van der Waals surface area contributed by atoms with E-state index < -0.39 is 0 Å². The first-order valence-corrected chi connectivity index (χ1v) is 6.58. The molecule has 1 amide bonds. The topological polar surface area (TPSA) is 58.6 Å². The third-order valence-corrected chi connectivity index (χ3v) is 2.67. The molecule has 0 saturated carbocycles. The Hall–Kier alpha value is -1.55. The number of carbonyl (C=O) groups is 1. The van der Waals surface area contributed by atoms with Crippen LogP contribution in [0.4, 0.5) is 0 Å². The quantitative estimate of drug-likeness (QED) is 0.830. The zero-order chi connectivity index (χ0) is 14.4. The number of benzene rings is 1. The van der Waals surface area contributed by atoms with Crippen molar-refractivity contribution in [3.05, 3.63) is 29.3 Å². The van der Waals surface area contributed by atoms with Crippen LogP contribution in [0.25, 0.3) is 0 Å². The summed E-state index contributed by atoms with van der Waals surface area (Å²) >= 11 is 0. The molecule has 0 fully saturated rings. The SMILES string of the molecule is Cc1ccc(C(=O)N[C@H](C)COCC(C)C)cc1O. The Balaban J connectivity index is 2.47. The maximum atomic E-state index is 11.9. The number of aromatic hydroxyl groups is 1. The fourth-order valence-electron chi connectivity index (χ4n) is 1.58. The number of aryl methyl sites for hydroxylation is 1. The van der Waals surface area contributed by atoms with Gasteiger partial charge in [-0.15, -0.1) is 0 Å². The highest BCUT2D eigenvalue weighted by Gasteiger charge is 2.11. The molecule has 106 valence electrons. The molecule has 4 nitrogen and oxygen atoms in total. The number of hydrogen-bond donors (Lipinski definition) is 2. The summed E-state index contributed by atoms with van der Waals surface area (Å²) in [6.07, 6.45) is 0. The summed E-state index contributed by atoms with van der Waals surface area (Å²) in [7, 11) is 0. The van der Waals surface area contributed by atoms with Gasteiger partial charge in [0.15, 0.2) is 0 Å². The van der Waals surface area contributed by atoms with Gasteiger partial charge in [-0.25, -0.2) is 0 Å². The van der Waals surface area contributed by atoms with Crippen LogP contribution in [0.15, 0.2) is 18.2 Å². The summed E-state index contributed by atoms with van der Waals surface area (Å²) in [4.78, 5) is 11.9. The average molecular weight is 265 g/mol. The lowest BCUT2D eigenvalue weighted by atomic mass is 10.1. The molecule has 4 heteroatoms. The minimum atomic E-state index is -0.198. The largest absolute Gasteiger partial charge is 0.508 e. The van der Waals surface area contributed by atoms with Crippen LogP contribution >= 0.6 is 0 Å². The number of hydrogen-bond acceptors (Lipinski definition) is 3. The number of nitrogens with one attached hydrogen (secondary N) is 1. The summed E-state index contributed by atoms with van der Waals surface area (Å²) in [5.41, 5.74) is 1.21. The van der Waals surface area contributed by atoms with Crippen molar-refractivity contribution < 1.29 is 14.6 Å². The van der Waals surface area contributed by atoms with E-state index in [0.29, 0.717) is 24.7 Å². The van der Waals surface area contributed by atoms with E-state index in [1.165, 1.54) is 6.07 Å². The Kier molecular flexibility index (Phi) is 5.83. The van der Waals surface area contributed by atoms with Gasteiger partial charge in [0, 0.05) is 18.2 Å². The smallest absolute Gasteiger partial charge is 0.251 e. The van der Waals surface area contributed by atoms with Crippen molar-refractivity contribution >= 4 is 5.91 Å². The van der Waals surface area contributed by atoms with Crippen LogP contribution < -0.4 is 5.32 Å². The lowest BCUT2D eigenvalue weighted by Crippen LogP contribution is -2.36. The molecule has 0 heterocycles. The van der Waals surface area contributed by atoms with E-state index in [4.69, 9.17) is 4.74 Å². The van der Waals surface area contributed by atoms with Crippen molar-refractivity contribution in [3.8, 4) is 5.75 Å². The highest BCUT2D eigenvalue weighted by Crippen LogP contribution is 2.17. The molecule has 0 spiro atoms. The van der Waals surface area contributed by atoms with E-state index in [1.54, 1.807) is 19.1 Å². The maximum absolute atomic E-state index is 11.9. The van der Waals surface area contributed by atoms with Crippen LogP contribution in [-0.4, -0.2) is 30.3 Å². The molecule has 0 bridgehead atoms. The van der Waals surface area contributed by atoms with Crippen LogP contribution in [0.2, 0.25) is 0 Å². The van der Waals surface area contributed by atoms with Gasteiger partial charge in [-0.1, -0.05) is 19.9 Å². The lowest BCUT2D eigenvalue weighted by Gasteiger charge is -2.15. The van der Waals surface area contributed by atoms with Crippen molar-refractivity contribution in [1.29, 1.82) is 0 Å². The molecule has 0 saturated heterocycles. The molecule has 0 aromatic heterocycles. The van der Waals surface area contributed by atoms with Crippen LogP contribution in [0, 0.1) is 12.8 Å². The number of phenolic OH excluding ortho intramolecular Hbond substituents is 1. The predicted molar refractivity (Wildman–Crippen MR) is 75.4 cm³/mol. The predicted octanol–water partition coefficient (Wildman–Crippen LogP) is 2.49. The molecule has 0 aliphatic heterocycles. The third-order valence-electron chi connectivity index (χ3n) is 2.67. The van der Waals surface area contributed by atoms with E-state index >= 15 is 0 Å². The van der Waals surface area contributed by atoms with Crippen molar-refractivity contribution in [2.45, 2.75) is 33.7 Å². The third kappa shape index (κ3) is 5.30. The first-order chi connectivity index (χ1) is 8.90. The Morgan fingerprint density at radius 2 is 2.00 bits per heavy atom. The fourth-order valence-corrected chi connectivity index (χ4v) is 1.58. The highest BCUT2D eigenvalue weighted by atomic mass is 16.5. The molecular formula is C15H23NO3. The summed E-state index contributed by atoms with van der Waals surface area (Å²) in [6, 6.07) is 4.84. The fraction of sp³-hybridized carbons (Fsp3) is 0.533. The highest BCUT2D eigenvalue weighted by molar-refractivity contribution is 5.94. The molecule has 19 heavy (non-hydrogen) atoms. The molecule has 0 aliphatic rings. The zero-order valence-electron chi connectivity index (χ0n) is 12.1. The van der Waals surface area contributed by atoms with Gasteiger partial charge in [0.1, 0.15) is 5.75 Å². The van der Waals surface area contributed by atoms with Crippen LogP contribution in [0.3, 0.4) is 0 Å². The number of phenols is 1. The second-order valence-corrected chi connectivity index (χ2v) is 5.31. The Morgan fingerprint density at radius 3 is 2.58 bits per heavy atom. The Labute approximate surface area is 114 Å². The number of carbonyl (C=O) groups excluding carboxylic acids is 1. The van der Waals surface area contributed by atoms with Gasteiger partial charge in [-0.3, -0.25) is 4.79 Å². The molecule has 1 rings (SSSR count). The van der Waals surface area contributed by atoms with Crippen LogP contribution in [0.1, 0.15) is 36.7 Å². The van der Waals surface area contributed by atoms with Gasteiger partial charge in [-0.05, 0) is 37.5 Å². The molecular weight excluding hydrogens is 242 g/mol. The van der Waals surface area contributed by atoms with Gasteiger partial charge >= 0.3 is 0 Å². The maximum Gasteiger partial charge on any atom is 0.251 e. The number of ether oxygens (including phenoxy) is 1. The Bertz CT molecular complexity index is 429. The molecule has 0 radical (unpaired) electrons. The summed E-state index contributed by atoms with van der Waals surface area (Å²) in [5.74, 6) is 0.421. The molecule has 1 aromatic carbocycles. The van der Waals surface area contributed by atoms with Crippen molar-refractivity contribution in [3.63, 3.8) is 0 Å². The summed E-state index contributed by atoms with van der Waals surface area (Å²) < 4.78 is 5.47. The van der Waals surface area contributed by atoms with Gasteiger partial charge in [0.2, 0.25) is 0 Å². The number of amides is 1. The zero-order valence-corrected chi connectivity index (χ0v) is 12.1. The van der Waals surface area contributed by atoms with Crippen molar-refractivity contribution in [2.75, 3.05) is 13.2 Å². The molecule has 0 aliphatic carbocycles. The average Bonchev–Trinajstić information content (AvgIpc) is 2.32. The van der Waals surface area contributed by atoms with E-state index in [0.717, 1.165) is 5.56 Å². The standard InChI is InChI=1S/C15H23NO3/c1-10(2)8-19-9-12(4)16-15(18)13-6-5-11(3)14(17)7-13/h5-7,10,12,17H,8-9H2,1-4H3,(H,16,18)/t12-/m1/s1. The molecule has 0 unspecified atom stereocenters. The summed E-state index contributed by atoms with van der Waals surface area (Å²) in [5, 5.41) is 12.4. The first-order valence-electron chi connectivity index (χ1n) is 6.58. The van der Waals surface area contributed by atoms with Crippen LogP contribution in [-0.2, 0) is 4.74 Å². The number of rotatable bonds is 6. The van der Waals surface area contributed by atoms with Gasteiger partial charge < -0.3 is 15.2 Å². The summed E-state index contributed by atoms with van der Waals surface area (Å²) in [6.45, 7) is 9.02. The first kappa shape index (κ1) is 15.5. The lowest BCUT2D eigenvalue weighted by molar-refractivity contribution is 0.0791. The molecule has 1 atom stereocenters. The molecule has 2 N–H and O–H groups in total. The molecule has 1 aromatic rings. The van der Waals surface area contributed by atoms with Crippen LogP contribution in [0.5, 0.6) is 5.75 Å². The van der Waals surface area contributed by atoms with E-state index in [2.05, 4.69) is 19.2 Å². The van der Waals surface area contributed by atoms with E-state index in [-0.39, 0.29) is 17.7 Å². The van der Waals surface area contributed by atoms with E-state index in [1.807, 2.05) is 6.92 Å². The van der Waals surface area contributed by atoms with Crippen molar-refractivity contribution in [1.82, 2.24) is 5.32 Å². The van der Waals surface area contributed by atoms with Crippen molar-refractivity contribution in [2.24, 2.45) is 5.92 Å². The monoisotopic (exact) mass is 265 g/mol. The normalized spacial score (nSPS) is 12.5.